The summed E-state index contributed by atoms with van der Waals surface area (Å²) in [7, 11) is -1.03. The average molecular weight is 544 g/mol. The van der Waals surface area contributed by atoms with E-state index in [0.717, 1.165) is 16.4 Å². The molecule has 0 saturated carbocycles. The van der Waals surface area contributed by atoms with Crippen molar-refractivity contribution in [2.24, 2.45) is 0 Å². The van der Waals surface area contributed by atoms with Gasteiger partial charge in [-0.15, -0.1) is 0 Å². The molecule has 0 aromatic heterocycles. The Bertz CT molecular complexity index is 1260. The Kier molecular flexibility index (Phi) is 8.63. The Morgan fingerprint density at radius 2 is 1.86 bits per heavy atom. The lowest BCUT2D eigenvalue weighted by Gasteiger charge is -2.27. The van der Waals surface area contributed by atoms with E-state index in [1.54, 1.807) is 6.92 Å². The number of rotatable bonds is 8. The smallest absolute Gasteiger partial charge is 0.347 e. The van der Waals surface area contributed by atoms with Crippen molar-refractivity contribution >= 4 is 21.8 Å². The number of alkyl halides is 3. The van der Waals surface area contributed by atoms with E-state index in [2.05, 4.69) is 5.32 Å². The van der Waals surface area contributed by atoms with Crippen molar-refractivity contribution in [3.63, 3.8) is 0 Å². The van der Waals surface area contributed by atoms with Crippen molar-refractivity contribution in [3.05, 3.63) is 65.0 Å². The number of sulfonamides is 1. The first-order chi connectivity index (χ1) is 17.3. The molecule has 202 valence electrons. The van der Waals surface area contributed by atoms with Crippen molar-refractivity contribution in [2.45, 2.75) is 55.8 Å². The standard InChI is InChI=1S/C25H29F4N3O4S/c1-4-7-21(19-12-11-17(15-20(19)26)25(27,28)29)30-23(33)22-10-6-13-32(22)24(34)16-8-5-9-18(14-16)37(35,36)31(2)3/h5,8-9,11-12,14-15,21-22H,4,6-7,10,13H2,1-3H3,(H,30,33)/t21-,22-/m1/s1. The molecule has 2 amide bonds. The highest BCUT2D eigenvalue weighted by Gasteiger charge is 2.37. The first-order valence-electron chi connectivity index (χ1n) is 11.8. The van der Waals surface area contributed by atoms with E-state index in [1.165, 1.54) is 43.3 Å². The highest BCUT2D eigenvalue weighted by atomic mass is 32.2. The summed E-state index contributed by atoms with van der Waals surface area (Å²) in [5.41, 5.74) is -1.09. The van der Waals surface area contributed by atoms with Gasteiger partial charge in [0.05, 0.1) is 16.5 Å². The fraction of sp³-hybridized carbons (Fsp3) is 0.440. The molecule has 1 aliphatic rings. The molecule has 2 aromatic carbocycles. The SMILES string of the molecule is CCC[C@@H](NC(=O)[C@H]1CCCN1C(=O)c1cccc(S(=O)(=O)N(C)C)c1)c1ccc(C(F)(F)F)cc1F. The Hall–Kier alpha value is -2.99. The number of hydrogen-bond acceptors (Lipinski definition) is 4. The normalized spacial score (nSPS) is 17.2. The second-order valence-electron chi connectivity index (χ2n) is 9.06. The summed E-state index contributed by atoms with van der Waals surface area (Å²) in [5.74, 6) is -2.16. The number of likely N-dealkylation sites (tertiary alicyclic amines) is 1. The number of nitrogens with one attached hydrogen (secondary N) is 1. The Morgan fingerprint density at radius 3 is 2.46 bits per heavy atom. The van der Waals surface area contributed by atoms with Crippen LogP contribution in [0.3, 0.4) is 0 Å². The molecule has 0 aliphatic carbocycles. The van der Waals surface area contributed by atoms with Crippen LogP contribution >= 0.6 is 0 Å². The third kappa shape index (κ3) is 6.30. The number of amides is 2. The van der Waals surface area contributed by atoms with Gasteiger partial charge in [-0.05, 0) is 49.6 Å². The lowest BCUT2D eigenvalue weighted by Crippen LogP contribution is -2.47. The van der Waals surface area contributed by atoms with Crippen LogP contribution in [0.25, 0.3) is 0 Å². The zero-order valence-corrected chi connectivity index (χ0v) is 21.5. The summed E-state index contributed by atoms with van der Waals surface area (Å²) in [5, 5.41) is 2.71. The van der Waals surface area contributed by atoms with Crippen LogP contribution in [0.2, 0.25) is 0 Å². The van der Waals surface area contributed by atoms with Crippen molar-refractivity contribution < 1.29 is 35.6 Å². The van der Waals surface area contributed by atoms with Gasteiger partial charge in [-0.2, -0.15) is 13.2 Å². The number of hydrogen-bond donors (Lipinski definition) is 1. The highest BCUT2D eigenvalue weighted by Crippen LogP contribution is 2.32. The molecule has 2 atom stereocenters. The van der Waals surface area contributed by atoms with E-state index in [0.29, 0.717) is 25.3 Å². The fourth-order valence-corrected chi connectivity index (χ4v) is 5.24. The largest absolute Gasteiger partial charge is 0.416 e. The molecule has 1 N–H and O–H groups in total. The van der Waals surface area contributed by atoms with Crippen LogP contribution in [-0.4, -0.2) is 56.1 Å². The number of carbonyl (C=O) groups excluding carboxylic acids is 2. The predicted octanol–water partition coefficient (Wildman–Crippen LogP) is 4.36. The summed E-state index contributed by atoms with van der Waals surface area (Å²) in [4.78, 5) is 27.7. The van der Waals surface area contributed by atoms with Crippen LogP contribution in [0.15, 0.2) is 47.4 Å². The topological polar surface area (TPSA) is 86.8 Å². The van der Waals surface area contributed by atoms with Gasteiger partial charge in [0.1, 0.15) is 11.9 Å². The summed E-state index contributed by atoms with van der Waals surface area (Å²) in [6, 6.07) is 5.95. The molecule has 1 saturated heterocycles. The van der Waals surface area contributed by atoms with Gasteiger partial charge < -0.3 is 10.2 Å². The highest BCUT2D eigenvalue weighted by molar-refractivity contribution is 7.89. The minimum atomic E-state index is -4.70. The first kappa shape index (κ1) is 28.6. The van der Waals surface area contributed by atoms with Gasteiger partial charge in [0.2, 0.25) is 15.9 Å². The maximum atomic E-state index is 14.6. The zero-order chi connectivity index (χ0) is 27.5. The summed E-state index contributed by atoms with van der Waals surface area (Å²) in [6.07, 6.45) is -3.05. The average Bonchev–Trinajstić information content (AvgIpc) is 3.33. The maximum absolute atomic E-state index is 14.6. The quantitative estimate of drug-likeness (QED) is 0.502. The van der Waals surface area contributed by atoms with Crippen LogP contribution < -0.4 is 5.32 Å². The lowest BCUT2D eigenvalue weighted by atomic mass is 9.99. The molecule has 1 heterocycles. The van der Waals surface area contributed by atoms with Gasteiger partial charge in [0.25, 0.3) is 5.91 Å². The Morgan fingerprint density at radius 1 is 1.16 bits per heavy atom. The minimum Gasteiger partial charge on any atom is -0.347 e. The zero-order valence-electron chi connectivity index (χ0n) is 20.7. The van der Waals surface area contributed by atoms with Crippen LogP contribution in [-0.2, 0) is 21.0 Å². The summed E-state index contributed by atoms with van der Waals surface area (Å²) < 4.78 is 79.4. The van der Waals surface area contributed by atoms with E-state index >= 15 is 0 Å². The molecule has 1 aliphatic heterocycles. The van der Waals surface area contributed by atoms with Crippen LogP contribution in [0.5, 0.6) is 0 Å². The molecular formula is C25H29F4N3O4S. The molecular weight excluding hydrogens is 514 g/mol. The van der Waals surface area contributed by atoms with E-state index in [-0.39, 0.29) is 29.0 Å². The number of carbonyl (C=O) groups is 2. The Labute approximate surface area is 213 Å². The third-order valence-electron chi connectivity index (χ3n) is 6.27. The summed E-state index contributed by atoms with van der Waals surface area (Å²) in [6.45, 7) is 2.05. The van der Waals surface area contributed by atoms with E-state index in [9.17, 15) is 35.6 Å². The number of benzene rings is 2. The van der Waals surface area contributed by atoms with Gasteiger partial charge in [0, 0.05) is 31.8 Å². The third-order valence-corrected chi connectivity index (χ3v) is 8.08. The van der Waals surface area contributed by atoms with Crippen molar-refractivity contribution in [1.29, 1.82) is 0 Å². The Balaban J connectivity index is 1.82. The molecule has 0 radical (unpaired) electrons. The van der Waals surface area contributed by atoms with E-state index < -0.39 is 51.5 Å². The van der Waals surface area contributed by atoms with Crippen LogP contribution in [0.4, 0.5) is 17.6 Å². The molecule has 2 aromatic rings. The van der Waals surface area contributed by atoms with E-state index in [4.69, 9.17) is 0 Å². The molecule has 37 heavy (non-hydrogen) atoms. The van der Waals surface area contributed by atoms with Gasteiger partial charge in [-0.1, -0.05) is 25.5 Å². The van der Waals surface area contributed by atoms with Gasteiger partial charge in [-0.25, -0.2) is 17.1 Å². The molecule has 0 unspecified atom stereocenters. The second kappa shape index (κ2) is 11.2. The second-order valence-corrected chi connectivity index (χ2v) is 11.2. The van der Waals surface area contributed by atoms with E-state index in [1.807, 2.05) is 0 Å². The van der Waals surface area contributed by atoms with Crippen LogP contribution in [0, 0.1) is 5.82 Å². The van der Waals surface area contributed by atoms with Crippen molar-refractivity contribution in [2.75, 3.05) is 20.6 Å². The number of nitrogens with zero attached hydrogens (tertiary/aromatic N) is 2. The van der Waals surface area contributed by atoms with Crippen molar-refractivity contribution in [1.82, 2.24) is 14.5 Å². The lowest BCUT2D eigenvalue weighted by molar-refractivity contribution is -0.137. The van der Waals surface area contributed by atoms with Crippen molar-refractivity contribution in [3.8, 4) is 0 Å². The summed E-state index contributed by atoms with van der Waals surface area (Å²) >= 11 is 0. The monoisotopic (exact) mass is 543 g/mol. The first-order valence-corrected chi connectivity index (χ1v) is 13.2. The predicted molar refractivity (Wildman–Crippen MR) is 129 cm³/mol. The minimum absolute atomic E-state index is 0.0654. The fourth-order valence-electron chi connectivity index (χ4n) is 4.30. The van der Waals surface area contributed by atoms with Gasteiger partial charge >= 0.3 is 6.18 Å². The molecule has 3 rings (SSSR count). The van der Waals surface area contributed by atoms with Gasteiger partial charge in [0.15, 0.2) is 0 Å². The molecule has 7 nitrogen and oxygen atoms in total. The number of halogens is 4. The molecule has 1 fully saturated rings. The maximum Gasteiger partial charge on any atom is 0.416 e. The molecule has 0 spiro atoms. The molecule has 0 bridgehead atoms. The molecule has 12 heteroatoms. The van der Waals surface area contributed by atoms with Crippen LogP contribution in [0.1, 0.15) is 60.1 Å². The van der Waals surface area contributed by atoms with Gasteiger partial charge in [-0.3, -0.25) is 9.59 Å².